The summed E-state index contributed by atoms with van der Waals surface area (Å²) in [6, 6.07) is 16.1. The second kappa shape index (κ2) is 9.21. The summed E-state index contributed by atoms with van der Waals surface area (Å²) in [6.07, 6.45) is 1.45. The van der Waals surface area contributed by atoms with Gasteiger partial charge in [-0.05, 0) is 49.4 Å². The fraction of sp³-hybridized carbons (Fsp3) is 0.381. The Hall–Kier alpha value is -2.38. The molecule has 2 aromatic rings. The van der Waals surface area contributed by atoms with Crippen molar-refractivity contribution in [1.82, 2.24) is 9.62 Å². The second-order valence-corrected chi connectivity index (χ2v) is 8.96. The zero-order valence-corrected chi connectivity index (χ0v) is 16.8. The summed E-state index contributed by atoms with van der Waals surface area (Å²) in [5, 5.41) is 2.90. The standard InChI is InChI=1S/C21H26N2O4S/c1-17-7-5-6-10-20(17)27-16-21(24)22-15-18-11-13-23(14-12-18)28(25,26)19-8-3-2-4-9-19/h2-10,18H,11-16H2,1H3,(H,22,24). The van der Waals surface area contributed by atoms with Crippen LogP contribution in [0, 0.1) is 12.8 Å². The summed E-state index contributed by atoms with van der Waals surface area (Å²) in [5.41, 5.74) is 0.988. The van der Waals surface area contributed by atoms with Gasteiger partial charge in [-0.1, -0.05) is 36.4 Å². The predicted octanol–water partition coefficient (Wildman–Crippen LogP) is 2.59. The van der Waals surface area contributed by atoms with E-state index < -0.39 is 10.0 Å². The van der Waals surface area contributed by atoms with Gasteiger partial charge in [0, 0.05) is 19.6 Å². The number of para-hydroxylation sites is 1. The number of sulfonamides is 1. The van der Waals surface area contributed by atoms with E-state index in [0.717, 1.165) is 18.4 Å². The van der Waals surface area contributed by atoms with E-state index in [2.05, 4.69) is 5.32 Å². The van der Waals surface area contributed by atoms with Gasteiger partial charge in [0.05, 0.1) is 4.90 Å². The van der Waals surface area contributed by atoms with E-state index >= 15 is 0 Å². The summed E-state index contributed by atoms with van der Waals surface area (Å²) in [5.74, 6) is 0.810. The molecule has 0 radical (unpaired) electrons. The number of ether oxygens (including phenoxy) is 1. The molecule has 1 heterocycles. The lowest BCUT2D eigenvalue weighted by molar-refractivity contribution is -0.123. The van der Waals surface area contributed by atoms with Gasteiger partial charge in [0.2, 0.25) is 10.0 Å². The van der Waals surface area contributed by atoms with Crippen molar-refractivity contribution in [1.29, 1.82) is 0 Å². The van der Waals surface area contributed by atoms with E-state index in [4.69, 9.17) is 4.74 Å². The third kappa shape index (κ3) is 5.11. The Bertz CT molecular complexity index is 892. The van der Waals surface area contributed by atoms with E-state index in [-0.39, 0.29) is 18.4 Å². The van der Waals surface area contributed by atoms with Crippen LogP contribution in [0.25, 0.3) is 0 Å². The summed E-state index contributed by atoms with van der Waals surface area (Å²) in [6.45, 7) is 3.39. The average Bonchev–Trinajstić information content (AvgIpc) is 2.72. The number of nitrogens with zero attached hydrogens (tertiary/aromatic N) is 1. The largest absolute Gasteiger partial charge is 0.484 e. The first kappa shape index (κ1) is 20.4. The molecule has 0 aliphatic carbocycles. The molecule has 0 unspecified atom stereocenters. The van der Waals surface area contributed by atoms with Crippen LogP contribution in [-0.2, 0) is 14.8 Å². The Morgan fingerprint density at radius 3 is 2.39 bits per heavy atom. The summed E-state index contributed by atoms with van der Waals surface area (Å²) in [7, 11) is -3.43. The molecule has 1 amide bonds. The van der Waals surface area contributed by atoms with Gasteiger partial charge >= 0.3 is 0 Å². The predicted molar refractivity (Wildman–Crippen MR) is 108 cm³/mol. The molecule has 150 valence electrons. The lowest BCUT2D eigenvalue weighted by Crippen LogP contribution is -2.42. The molecule has 0 bridgehead atoms. The van der Waals surface area contributed by atoms with Crippen LogP contribution in [0.1, 0.15) is 18.4 Å². The maximum Gasteiger partial charge on any atom is 0.257 e. The molecule has 0 spiro atoms. The Balaban J connectivity index is 1.42. The number of amides is 1. The molecule has 28 heavy (non-hydrogen) atoms. The highest BCUT2D eigenvalue weighted by Crippen LogP contribution is 2.23. The van der Waals surface area contributed by atoms with Gasteiger partial charge < -0.3 is 10.1 Å². The number of nitrogens with one attached hydrogen (secondary N) is 1. The summed E-state index contributed by atoms with van der Waals surface area (Å²) in [4.78, 5) is 12.4. The van der Waals surface area contributed by atoms with E-state index in [0.29, 0.717) is 30.3 Å². The SMILES string of the molecule is Cc1ccccc1OCC(=O)NCC1CCN(S(=O)(=O)c2ccccc2)CC1. The van der Waals surface area contributed by atoms with Crippen LogP contribution in [0.5, 0.6) is 5.75 Å². The minimum absolute atomic E-state index is 0.0217. The van der Waals surface area contributed by atoms with Crippen LogP contribution in [0.3, 0.4) is 0 Å². The van der Waals surface area contributed by atoms with Crippen LogP contribution in [-0.4, -0.2) is 44.9 Å². The highest BCUT2D eigenvalue weighted by molar-refractivity contribution is 7.89. The van der Waals surface area contributed by atoms with Gasteiger partial charge in [-0.3, -0.25) is 4.79 Å². The minimum Gasteiger partial charge on any atom is -0.484 e. The van der Waals surface area contributed by atoms with Gasteiger partial charge in [0.15, 0.2) is 6.61 Å². The van der Waals surface area contributed by atoms with Crippen molar-refractivity contribution in [2.75, 3.05) is 26.2 Å². The Morgan fingerprint density at radius 2 is 1.71 bits per heavy atom. The first-order valence-corrected chi connectivity index (χ1v) is 10.9. The molecule has 7 heteroatoms. The van der Waals surface area contributed by atoms with Gasteiger partial charge in [-0.15, -0.1) is 0 Å². The van der Waals surface area contributed by atoms with Crippen molar-refractivity contribution in [3.8, 4) is 5.75 Å². The number of rotatable bonds is 7. The van der Waals surface area contributed by atoms with Gasteiger partial charge in [-0.25, -0.2) is 8.42 Å². The average molecular weight is 403 g/mol. The molecule has 0 saturated carbocycles. The monoisotopic (exact) mass is 402 g/mol. The second-order valence-electron chi connectivity index (χ2n) is 7.02. The zero-order valence-electron chi connectivity index (χ0n) is 16.0. The van der Waals surface area contributed by atoms with Crippen molar-refractivity contribution >= 4 is 15.9 Å². The molecule has 0 atom stereocenters. The molecular formula is C21H26N2O4S. The molecule has 1 aliphatic heterocycles. The van der Waals surface area contributed by atoms with E-state index in [1.54, 1.807) is 30.3 Å². The number of hydrogen-bond acceptors (Lipinski definition) is 4. The fourth-order valence-electron chi connectivity index (χ4n) is 3.27. The van der Waals surface area contributed by atoms with Crippen molar-refractivity contribution < 1.29 is 17.9 Å². The topological polar surface area (TPSA) is 75.7 Å². The first-order chi connectivity index (χ1) is 13.5. The Kier molecular flexibility index (Phi) is 6.70. The van der Waals surface area contributed by atoms with Crippen molar-refractivity contribution in [2.45, 2.75) is 24.7 Å². The van der Waals surface area contributed by atoms with Crippen LogP contribution < -0.4 is 10.1 Å². The summed E-state index contributed by atoms with van der Waals surface area (Å²) < 4.78 is 32.4. The van der Waals surface area contributed by atoms with E-state index in [9.17, 15) is 13.2 Å². The first-order valence-electron chi connectivity index (χ1n) is 9.47. The lowest BCUT2D eigenvalue weighted by atomic mass is 9.98. The van der Waals surface area contributed by atoms with Gasteiger partial charge in [-0.2, -0.15) is 4.31 Å². The van der Waals surface area contributed by atoms with Crippen molar-refractivity contribution in [3.05, 3.63) is 60.2 Å². The Morgan fingerprint density at radius 1 is 1.07 bits per heavy atom. The molecular weight excluding hydrogens is 376 g/mol. The molecule has 1 saturated heterocycles. The number of benzene rings is 2. The van der Waals surface area contributed by atoms with Gasteiger partial charge in [0.1, 0.15) is 5.75 Å². The number of hydrogen-bond donors (Lipinski definition) is 1. The molecule has 3 rings (SSSR count). The maximum absolute atomic E-state index is 12.6. The summed E-state index contributed by atoms with van der Waals surface area (Å²) >= 11 is 0. The highest BCUT2D eigenvalue weighted by atomic mass is 32.2. The molecule has 1 aliphatic rings. The quantitative estimate of drug-likeness (QED) is 0.772. The number of carbonyl (C=O) groups excluding carboxylic acids is 1. The fourth-order valence-corrected chi connectivity index (χ4v) is 4.76. The number of carbonyl (C=O) groups is 1. The Labute approximate surface area is 166 Å². The van der Waals surface area contributed by atoms with Gasteiger partial charge in [0.25, 0.3) is 5.91 Å². The molecule has 6 nitrogen and oxygen atoms in total. The van der Waals surface area contributed by atoms with Crippen molar-refractivity contribution in [2.24, 2.45) is 5.92 Å². The van der Waals surface area contributed by atoms with Crippen LogP contribution in [0.15, 0.2) is 59.5 Å². The zero-order chi connectivity index (χ0) is 20.0. The van der Waals surface area contributed by atoms with E-state index in [1.807, 2.05) is 31.2 Å². The third-order valence-electron chi connectivity index (χ3n) is 4.99. The van der Waals surface area contributed by atoms with Crippen LogP contribution >= 0.6 is 0 Å². The number of aryl methyl sites for hydroxylation is 1. The molecule has 2 aromatic carbocycles. The molecule has 0 aromatic heterocycles. The van der Waals surface area contributed by atoms with E-state index in [1.165, 1.54) is 4.31 Å². The maximum atomic E-state index is 12.6. The molecule has 1 N–H and O–H groups in total. The van der Waals surface area contributed by atoms with Crippen LogP contribution in [0.2, 0.25) is 0 Å². The smallest absolute Gasteiger partial charge is 0.257 e. The van der Waals surface area contributed by atoms with Crippen LogP contribution in [0.4, 0.5) is 0 Å². The third-order valence-corrected chi connectivity index (χ3v) is 6.91. The van der Waals surface area contributed by atoms with Crippen molar-refractivity contribution in [3.63, 3.8) is 0 Å². The number of piperidine rings is 1. The normalized spacial score (nSPS) is 15.9. The lowest BCUT2D eigenvalue weighted by Gasteiger charge is -2.31. The minimum atomic E-state index is -3.43. The molecule has 1 fully saturated rings. The highest BCUT2D eigenvalue weighted by Gasteiger charge is 2.29.